The number of halogens is 1. The van der Waals surface area contributed by atoms with Gasteiger partial charge in [-0.2, -0.15) is 5.10 Å². The highest BCUT2D eigenvalue weighted by Crippen LogP contribution is 2.24. The lowest BCUT2D eigenvalue weighted by Gasteiger charge is -2.11. The molecule has 0 aliphatic rings. The van der Waals surface area contributed by atoms with Crippen LogP contribution in [0.1, 0.15) is 32.9 Å². The fourth-order valence-corrected chi connectivity index (χ4v) is 3.70. The summed E-state index contributed by atoms with van der Waals surface area (Å²) in [5.41, 5.74) is 8.41. The highest BCUT2D eigenvalue weighted by molar-refractivity contribution is 14.1. The molecule has 0 spiro atoms. The molecule has 0 aliphatic carbocycles. The number of carbonyl (C=O) groups excluding carboxylic acids is 1. The summed E-state index contributed by atoms with van der Waals surface area (Å²) in [7, 11) is 3.08. The molecule has 0 bridgehead atoms. The summed E-state index contributed by atoms with van der Waals surface area (Å²) in [4.78, 5) is 12.5. The zero-order valence-corrected chi connectivity index (χ0v) is 19.8. The molecule has 0 fully saturated rings. The zero-order valence-electron chi connectivity index (χ0n) is 17.6. The molecule has 156 valence electrons. The molecule has 0 unspecified atom stereocenters. The summed E-state index contributed by atoms with van der Waals surface area (Å²) >= 11 is 2.35. The Kier molecular flexibility index (Phi) is 6.81. The second-order valence-corrected chi connectivity index (χ2v) is 8.06. The maximum absolute atomic E-state index is 12.5. The fourth-order valence-electron chi connectivity index (χ4n) is 3.20. The SMILES string of the molecule is COc1cc(OC)cc(C(=O)N/N=C\c2cc(C)n(-c3ccc(C)c(I)c3)c2C)c1. The van der Waals surface area contributed by atoms with Gasteiger partial charge in [-0.15, -0.1) is 0 Å². The van der Waals surface area contributed by atoms with Crippen molar-refractivity contribution in [1.29, 1.82) is 0 Å². The standard InChI is InChI=1S/C23H24IN3O3/c1-14-6-7-19(11-22(14)24)27-15(2)8-18(16(27)3)13-25-26-23(28)17-9-20(29-4)12-21(10-17)30-5/h6-13H,1-5H3,(H,26,28)/b25-13-. The van der Waals surface area contributed by atoms with Gasteiger partial charge in [0.2, 0.25) is 0 Å². The van der Waals surface area contributed by atoms with E-state index < -0.39 is 0 Å². The van der Waals surface area contributed by atoms with Crippen molar-refractivity contribution in [3.8, 4) is 17.2 Å². The number of methoxy groups -OCH3 is 2. The average molecular weight is 517 g/mol. The highest BCUT2D eigenvalue weighted by atomic mass is 127. The van der Waals surface area contributed by atoms with Crippen LogP contribution in [0.4, 0.5) is 0 Å². The Bertz CT molecular complexity index is 1100. The molecule has 1 amide bonds. The number of hydrazone groups is 1. The monoisotopic (exact) mass is 517 g/mol. The molecule has 0 atom stereocenters. The van der Waals surface area contributed by atoms with Crippen LogP contribution in [-0.2, 0) is 0 Å². The number of carbonyl (C=O) groups is 1. The van der Waals surface area contributed by atoms with Crippen molar-refractivity contribution in [3.05, 3.63) is 74.1 Å². The number of aryl methyl sites for hydroxylation is 2. The lowest BCUT2D eigenvalue weighted by atomic mass is 10.2. The first kappa shape index (κ1) is 21.9. The molecule has 2 aromatic carbocycles. The third-order valence-corrected chi connectivity index (χ3v) is 6.03. The van der Waals surface area contributed by atoms with E-state index in [9.17, 15) is 4.79 Å². The van der Waals surface area contributed by atoms with Gasteiger partial charge < -0.3 is 14.0 Å². The molecule has 0 saturated carbocycles. The van der Waals surface area contributed by atoms with E-state index in [1.165, 1.54) is 9.13 Å². The maximum Gasteiger partial charge on any atom is 0.271 e. The first-order valence-corrected chi connectivity index (χ1v) is 10.4. The van der Waals surface area contributed by atoms with Crippen LogP contribution in [0.2, 0.25) is 0 Å². The Balaban J connectivity index is 1.80. The first-order chi connectivity index (χ1) is 14.3. The van der Waals surface area contributed by atoms with Crippen LogP contribution in [0.15, 0.2) is 47.6 Å². The van der Waals surface area contributed by atoms with E-state index in [1.807, 2.05) is 13.0 Å². The molecular formula is C23H24IN3O3. The van der Waals surface area contributed by atoms with Crippen molar-refractivity contribution in [2.24, 2.45) is 5.10 Å². The van der Waals surface area contributed by atoms with Crippen molar-refractivity contribution >= 4 is 34.7 Å². The topological polar surface area (TPSA) is 64.8 Å². The molecule has 30 heavy (non-hydrogen) atoms. The second-order valence-electron chi connectivity index (χ2n) is 6.90. The highest BCUT2D eigenvalue weighted by Gasteiger charge is 2.12. The predicted octanol–water partition coefficient (Wildman–Crippen LogP) is 4.79. The van der Waals surface area contributed by atoms with Crippen LogP contribution in [0, 0.1) is 24.3 Å². The largest absolute Gasteiger partial charge is 0.497 e. The van der Waals surface area contributed by atoms with Crippen LogP contribution in [0.3, 0.4) is 0 Å². The minimum absolute atomic E-state index is 0.342. The lowest BCUT2D eigenvalue weighted by molar-refractivity contribution is 0.0954. The van der Waals surface area contributed by atoms with Gasteiger partial charge in [0.25, 0.3) is 5.91 Å². The minimum Gasteiger partial charge on any atom is -0.497 e. The molecule has 1 aromatic heterocycles. The molecule has 0 saturated heterocycles. The molecule has 3 rings (SSSR count). The quantitative estimate of drug-likeness (QED) is 0.291. The van der Waals surface area contributed by atoms with E-state index in [0.717, 1.165) is 22.6 Å². The van der Waals surface area contributed by atoms with Crippen molar-refractivity contribution in [1.82, 2.24) is 9.99 Å². The molecule has 6 nitrogen and oxygen atoms in total. The first-order valence-electron chi connectivity index (χ1n) is 9.36. The van der Waals surface area contributed by atoms with Crippen molar-refractivity contribution in [2.75, 3.05) is 14.2 Å². The minimum atomic E-state index is -0.342. The van der Waals surface area contributed by atoms with Gasteiger partial charge in [-0.1, -0.05) is 6.07 Å². The van der Waals surface area contributed by atoms with Crippen molar-refractivity contribution in [3.63, 3.8) is 0 Å². The Morgan fingerprint density at radius 1 is 1.03 bits per heavy atom. The van der Waals surface area contributed by atoms with Gasteiger partial charge in [0.05, 0.1) is 20.4 Å². The number of hydrogen-bond donors (Lipinski definition) is 1. The van der Waals surface area contributed by atoms with Gasteiger partial charge in [0.1, 0.15) is 11.5 Å². The summed E-state index contributed by atoms with van der Waals surface area (Å²) in [6, 6.07) is 13.4. The Morgan fingerprint density at radius 3 is 2.30 bits per heavy atom. The summed E-state index contributed by atoms with van der Waals surface area (Å²) in [6.45, 7) is 6.19. The number of ether oxygens (including phenoxy) is 2. The van der Waals surface area contributed by atoms with E-state index in [4.69, 9.17) is 9.47 Å². The molecule has 3 aromatic rings. The number of amides is 1. The van der Waals surface area contributed by atoms with E-state index in [-0.39, 0.29) is 5.91 Å². The molecule has 1 heterocycles. The maximum atomic E-state index is 12.5. The molecule has 0 radical (unpaired) electrons. The van der Waals surface area contributed by atoms with Gasteiger partial charge in [0, 0.05) is 37.8 Å². The summed E-state index contributed by atoms with van der Waals surface area (Å²) < 4.78 is 13.8. The Labute approximate surface area is 190 Å². The van der Waals surface area contributed by atoms with Gasteiger partial charge >= 0.3 is 0 Å². The van der Waals surface area contributed by atoms with Gasteiger partial charge in [-0.3, -0.25) is 4.79 Å². The van der Waals surface area contributed by atoms with Gasteiger partial charge in [0.15, 0.2) is 0 Å². The number of aromatic nitrogens is 1. The number of nitrogens with zero attached hydrogens (tertiary/aromatic N) is 2. The predicted molar refractivity (Wildman–Crippen MR) is 127 cm³/mol. The van der Waals surface area contributed by atoms with E-state index in [1.54, 1.807) is 38.6 Å². The molecule has 7 heteroatoms. The number of rotatable bonds is 6. The summed E-state index contributed by atoms with van der Waals surface area (Å²) in [5, 5.41) is 4.15. The summed E-state index contributed by atoms with van der Waals surface area (Å²) in [5.74, 6) is 0.741. The third-order valence-electron chi connectivity index (χ3n) is 4.87. The average Bonchev–Trinajstić information content (AvgIpc) is 3.02. The normalized spacial score (nSPS) is 11.0. The fraction of sp³-hybridized carbons (Fsp3) is 0.217. The van der Waals surface area contributed by atoms with Crippen molar-refractivity contribution < 1.29 is 14.3 Å². The van der Waals surface area contributed by atoms with Crippen LogP contribution < -0.4 is 14.9 Å². The van der Waals surface area contributed by atoms with E-state index in [0.29, 0.717) is 17.1 Å². The van der Waals surface area contributed by atoms with Crippen LogP contribution in [0.25, 0.3) is 5.69 Å². The summed E-state index contributed by atoms with van der Waals surface area (Å²) in [6.07, 6.45) is 1.66. The molecule has 1 N–H and O–H groups in total. The lowest BCUT2D eigenvalue weighted by Crippen LogP contribution is -2.17. The Hall–Kier alpha value is -2.81. The van der Waals surface area contributed by atoms with Gasteiger partial charge in [-0.05, 0) is 79.3 Å². The Morgan fingerprint density at radius 2 is 1.70 bits per heavy atom. The number of hydrogen-bond acceptors (Lipinski definition) is 4. The van der Waals surface area contributed by atoms with Gasteiger partial charge in [-0.25, -0.2) is 5.43 Å². The van der Waals surface area contributed by atoms with Crippen LogP contribution in [-0.4, -0.2) is 30.9 Å². The number of benzene rings is 2. The molecule has 0 aliphatic heterocycles. The van der Waals surface area contributed by atoms with Crippen molar-refractivity contribution in [2.45, 2.75) is 20.8 Å². The van der Waals surface area contributed by atoms with Crippen LogP contribution >= 0.6 is 22.6 Å². The number of nitrogens with one attached hydrogen (secondary N) is 1. The van der Waals surface area contributed by atoms with E-state index in [2.05, 4.69) is 69.7 Å². The molecular weight excluding hydrogens is 493 g/mol. The van der Waals surface area contributed by atoms with E-state index >= 15 is 0 Å². The van der Waals surface area contributed by atoms with Crippen LogP contribution in [0.5, 0.6) is 11.5 Å². The zero-order chi connectivity index (χ0) is 21.8. The second kappa shape index (κ2) is 9.34. The third kappa shape index (κ3) is 4.67. The smallest absolute Gasteiger partial charge is 0.271 e.